The number of nitrogens with one attached hydrogen (secondary N) is 2. The number of carbonyl (C=O) groups excluding carboxylic acids is 1. The summed E-state index contributed by atoms with van der Waals surface area (Å²) >= 11 is 8.84. The number of rotatable bonds is 6. The molecule has 130 valence electrons. The number of halogens is 1. The summed E-state index contributed by atoms with van der Waals surface area (Å²) in [5.41, 5.74) is 1.93. The number of benzene rings is 2. The molecule has 2 unspecified atom stereocenters. The van der Waals surface area contributed by atoms with Crippen LogP contribution >= 0.6 is 28.1 Å². The molecule has 2 aromatic rings. The van der Waals surface area contributed by atoms with Crippen molar-refractivity contribution in [2.45, 2.75) is 26.0 Å². The molecule has 0 saturated heterocycles. The zero-order valence-electron chi connectivity index (χ0n) is 14.0. The maximum atomic E-state index is 12.2. The first-order valence-electron chi connectivity index (χ1n) is 7.75. The predicted octanol–water partition coefficient (Wildman–Crippen LogP) is 5.06. The molecule has 2 atom stereocenters. The van der Waals surface area contributed by atoms with Gasteiger partial charge in [0.2, 0.25) is 0 Å². The van der Waals surface area contributed by atoms with E-state index in [0.29, 0.717) is 4.86 Å². The summed E-state index contributed by atoms with van der Waals surface area (Å²) in [6.07, 6.45) is -0.999. The Hall–Kier alpha value is -2.05. The second-order valence-electron chi connectivity index (χ2n) is 5.59. The van der Waals surface area contributed by atoms with Crippen molar-refractivity contribution < 1.29 is 9.53 Å². The van der Waals surface area contributed by atoms with Crippen molar-refractivity contribution in [3.63, 3.8) is 0 Å². The Labute approximate surface area is 161 Å². The lowest BCUT2D eigenvalue weighted by Gasteiger charge is -2.21. The molecule has 0 aliphatic carbocycles. The highest BCUT2D eigenvalue weighted by molar-refractivity contribution is 9.10. The van der Waals surface area contributed by atoms with Crippen LogP contribution in [-0.2, 0) is 4.74 Å². The number of hydrogen-bond acceptors (Lipinski definition) is 4. The van der Waals surface area contributed by atoms with Gasteiger partial charge in [-0.25, -0.2) is 4.79 Å². The van der Waals surface area contributed by atoms with E-state index in [0.717, 1.165) is 15.6 Å². The molecule has 0 saturated carbocycles. The molecule has 0 bridgehead atoms. The van der Waals surface area contributed by atoms with E-state index in [1.807, 2.05) is 54.6 Å². The summed E-state index contributed by atoms with van der Waals surface area (Å²) in [6.45, 7) is 3.41. The summed E-state index contributed by atoms with van der Waals surface area (Å²) in [6, 6.07) is 16.2. The highest BCUT2D eigenvalue weighted by Gasteiger charge is 2.22. The summed E-state index contributed by atoms with van der Waals surface area (Å²) in [5.74, 6) is 0. The first kappa shape index (κ1) is 19.3. The van der Waals surface area contributed by atoms with Crippen LogP contribution in [0.3, 0.4) is 0 Å². The Balaban J connectivity index is 2.05. The minimum atomic E-state index is -0.688. The maximum Gasteiger partial charge on any atom is 0.408 e. The van der Waals surface area contributed by atoms with Gasteiger partial charge in [0.05, 0.1) is 4.86 Å². The normalized spacial score (nSPS) is 12.8. The largest absolute Gasteiger partial charge is 0.442 e. The van der Waals surface area contributed by atoms with E-state index in [1.54, 1.807) is 13.8 Å². The van der Waals surface area contributed by atoms with Gasteiger partial charge in [0.15, 0.2) is 0 Å². The van der Waals surface area contributed by atoms with Gasteiger partial charge in [-0.15, -0.1) is 0 Å². The fourth-order valence-corrected chi connectivity index (χ4v) is 2.89. The average Bonchev–Trinajstić information content (AvgIpc) is 2.60. The van der Waals surface area contributed by atoms with Gasteiger partial charge in [-0.05, 0) is 37.1 Å². The van der Waals surface area contributed by atoms with Gasteiger partial charge in [0, 0.05) is 10.2 Å². The first-order valence-corrected chi connectivity index (χ1v) is 8.95. The number of ether oxygens (including phenoxy) is 1. The van der Waals surface area contributed by atoms with Crippen molar-refractivity contribution in [3.05, 3.63) is 70.2 Å². The molecule has 25 heavy (non-hydrogen) atoms. The number of amides is 1. The summed E-state index contributed by atoms with van der Waals surface area (Å²) in [4.78, 5) is 12.7. The Morgan fingerprint density at radius 2 is 1.76 bits per heavy atom. The van der Waals surface area contributed by atoms with Crippen LogP contribution in [0.2, 0.25) is 0 Å². The lowest BCUT2D eigenvalue weighted by atomic mass is 10.0. The Kier molecular flexibility index (Phi) is 6.84. The van der Waals surface area contributed by atoms with Gasteiger partial charge >= 0.3 is 6.09 Å². The van der Waals surface area contributed by atoms with Crippen LogP contribution in [-0.4, -0.2) is 22.7 Å². The molecule has 0 aliphatic heterocycles. The molecule has 0 heterocycles. The maximum absolute atomic E-state index is 12.2. The molecule has 4 nitrogen and oxygen atoms in total. The van der Waals surface area contributed by atoms with E-state index in [2.05, 4.69) is 21.2 Å². The van der Waals surface area contributed by atoms with E-state index in [9.17, 15) is 4.79 Å². The van der Waals surface area contributed by atoms with Crippen molar-refractivity contribution >= 4 is 44.8 Å². The monoisotopic (exact) mass is 418 g/mol. The SMILES string of the molecule is CC(=N)C(NC(=O)OC(C)c1ccccc1)C(=S)c1ccc(Br)cc1. The summed E-state index contributed by atoms with van der Waals surface area (Å²) in [5, 5.41) is 10.6. The molecule has 0 aliphatic rings. The number of hydrogen-bond donors (Lipinski definition) is 2. The van der Waals surface area contributed by atoms with Crippen LogP contribution in [0.25, 0.3) is 0 Å². The minimum absolute atomic E-state index is 0.247. The van der Waals surface area contributed by atoms with Crippen LogP contribution in [0.5, 0.6) is 0 Å². The molecule has 2 rings (SSSR count). The third-order valence-corrected chi connectivity index (χ3v) is 4.64. The smallest absolute Gasteiger partial charge is 0.408 e. The molecular formula is C19H19BrN2O2S. The second kappa shape index (κ2) is 8.87. The van der Waals surface area contributed by atoms with Crippen LogP contribution in [0.15, 0.2) is 59.1 Å². The third-order valence-electron chi connectivity index (χ3n) is 3.64. The number of thiocarbonyl (C=S) groups is 1. The summed E-state index contributed by atoms with van der Waals surface area (Å²) < 4.78 is 6.34. The van der Waals surface area contributed by atoms with E-state index >= 15 is 0 Å². The van der Waals surface area contributed by atoms with Crippen molar-refractivity contribution in [2.75, 3.05) is 0 Å². The standard InChI is InChI=1S/C19H19BrN2O2S/c1-12(21)17(18(25)15-8-10-16(20)11-9-15)22-19(23)24-13(2)14-6-4-3-5-7-14/h3-11,13,17,21H,1-2H3,(H,22,23). The van der Waals surface area contributed by atoms with Crippen molar-refractivity contribution in [1.82, 2.24) is 5.32 Å². The topological polar surface area (TPSA) is 62.2 Å². The van der Waals surface area contributed by atoms with Gasteiger partial charge < -0.3 is 15.5 Å². The fraction of sp³-hybridized carbons (Fsp3) is 0.211. The van der Waals surface area contributed by atoms with Crippen molar-refractivity contribution in [2.24, 2.45) is 0 Å². The number of alkyl carbamates (subject to hydrolysis) is 1. The molecule has 0 aromatic heterocycles. The molecule has 2 aromatic carbocycles. The van der Waals surface area contributed by atoms with Gasteiger partial charge in [0.1, 0.15) is 12.1 Å². The van der Waals surface area contributed by atoms with Crippen molar-refractivity contribution in [1.29, 1.82) is 5.41 Å². The zero-order valence-corrected chi connectivity index (χ0v) is 16.4. The minimum Gasteiger partial charge on any atom is -0.442 e. The third kappa shape index (κ3) is 5.47. The van der Waals surface area contributed by atoms with E-state index in [4.69, 9.17) is 22.4 Å². The van der Waals surface area contributed by atoms with Gasteiger partial charge in [-0.1, -0.05) is 70.6 Å². The van der Waals surface area contributed by atoms with Gasteiger partial charge in [-0.2, -0.15) is 0 Å². The second-order valence-corrected chi connectivity index (χ2v) is 6.95. The first-order chi connectivity index (χ1) is 11.9. The van der Waals surface area contributed by atoms with Crippen molar-refractivity contribution in [3.8, 4) is 0 Å². The van der Waals surface area contributed by atoms with Crippen LogP contribution in [0.1, 0.15) is 31.1 Å². The Morgan fingerprint density at radius 1 is 1.16 bits per heavy atom. The van der Waals surface area contributed by atoms with Gasteiger partial charge in [0.25, 0.3) is 0 Å². The molecule has 0 fully saturated rings. The van der Waals surface area contributed by atoms with Crippen LogP contribution in [0, 0.1) is 5.41 Å². The lowest BCUT2D eigenvalue weighted by Crippen LogP contribution is -2.45. The Morgan fingerprint density at radius 3 is 2.32 bits per heavy atom. The van der Waals surface area contributed by atoms with Gasteiger partial charge in [-0.3, -0.25) is 0 Å². The highest BCUT2D eigenvalue weighted by Crippen LogP contribution is 2.17. The highest BCUT2D eigenvalue weighted by atomic mass is 79.9. The molecule has 0 spiro atoms. The quantitative estimate of drug-likeness (QED) is 0.391. The number of carbonyl (C=O) groups is 1. The average molecular weight is 419 g/mol. The molecule has 1 amide bonds. The lowest BCUT2D eigenvalue weighted by molar-refractivity contribution is 0.107. The predicted molar refractivity (Wildman–Crippen MR) is 108 cm³/mol. The molecular weight excluding hydrogens is 400 g/mol. The van der Waals surface area contributed by atoms with E-state index in [-0.39, 0.29) is 5.71 Å². The molecule has 6 heteroatoms. The molecule has 2 N–H and O–H groups in total. The van der Waals surface area contributed by atoms with Crippen LogP contribution in [0.4, 0.5) is 4.79 Å². The Bertz CT molecular complexity index is 763. The summed E-state index contributed by atoms with van der Waals surface area (Å²) in [7, 11) is 0. The van der Waals surface area contributed by atoms with E-state index < -0.39 is 18.2 Å². The molecule has 0 radical (unpaired) electrons. The zero-order chi connectivity index (χ0) is 18.4. The fourth-order valence-electron chi connectivity index (χ4n) is 2.26. The van der Waals surface area contributed by atoms with E-state index in [1.165, 1.54) is 0 Å². The van der Waals surface area contributed by atoms with Crippen LogP contribution < -0.4 is 5.32 Å².